The molecule has 0 aliphatic rings. The average molecular weight is 262 g/mol. The minimum atomic E-state index is -3.69. The molecule has 0 heterocycles. The number of hydrogen-bond acceptors (Lipinski definition) is 4. The van der Waals surface area contributed by atoms with Crippen LogP contribution < -0.4 is 0 Å². The Balaban J connectivity index is 3.17. The van der Waals surface area contributed by atoms with Gasteiger partial charge in [-0.3, -0.25) is 10.1 Å². The van der Waals surface area contributed by atoms with E-state index in [1.54, 1.807) is 12.5 Å². The van der Waals surface area contributed by atoms with Gasteiger partial charge in [0, 0.05) is 12.1 Å². The summed E-state index contributed by atoms with van der Waals surface area (Å²) in [6.45, 7) is 0. The summed E-state index contributed by atoms with van der Waals surface area (Å²) in [5, 5.41) is 10.4. The summed E-state index contributed by atoms with van der Waals surface area (Å²) >= 11 is 0. The lowest BCUT2D eigenvalue weighted by atomic mass is 10.3. The van der Waals surface area contributed by atoms with Gasteiger partial charge in [0.1, 0.15) is 0 Å². The maximum atomic E-state index is 11.6. The van der Waals surface area contributed by atoms with Gasteiger partial charge < -0.3 is 0 Å². The third-order valence-electron chi connectivity index (χ3n) is 1.59. The van der Waals surface area contributed by atoms with Crippen molar-refractivity contribution in [3.63, 3.8) is 0 Å². The molecule has 0 amide bonds. The van der Waals surface area contributed by atoms with Crippen molar-refractivity contribution < 1.29 is 13.3 Å². The molecule has 16 heavy (non-hydrogen) atoms. The maximum absolute atomic E-state index is 11.6. The summed E-state index contributed by atoms with van der Waals surface area (Å²) in [5.41, 5.74) is -0.147. The van der Waals surface area contributed by atoms with Crippen LogP contribution in [-0.2, 0) is 20.7 Å². The standard InChI is InChI=1S/C8H10N2O4S2/c1-15(2)9-16(13,14)8-5-3-7(4-6-8)10(11)12/h3-6H,1-2H3. The Hall–Kier alpha value is -1.28. The van der Waals surface area contributed by atoms with Crippen molar-refractivity contribution >= 4 is 26.4 Å². The molecular formula is C8H10N2O4S2. The first-order valence-electron chi connectivity index (χ1n) is 4.13. The molecule has 0 saturated carbocycles. The molecule has 1 aromatic carbocycles. The molecule has 0 spiro atoms. The second-order valence-corrected chi connectivity index (χ2v) is 6.64. The largest absolute Gasteiger partial charge is 0.287 e. The lowest BCUT2D eigenvalue weighted by Crippen LogP contribution is -1.99. The highest BCUT2D eigenvalue weighted by atomic mass is 32.3. The molecule has 1 aromatic rings. The monoisotopic (exact) mass is 262 g/mol. The van der Waals surface area contributed by atoms with Crippen molar-refractivity contribution in [2.75, 3.05) is 12.5 Å². The van der Waals surface area contributed by atoms with Gasteiger partial charge in [0.15, 0.2) is 0 Å². The molecule has 8 heteroatoms. The molecule has 1 rings (SSSR count). The first kappa shape index (κ1) is 12.8. The predicted molar refractivity (Wildman–Crippen MR) is 61.9 cm³/mol. The van der Waals surface area contributed by atoms with Crippen molar-refractivity contribution in [3.8, 4) is 0 Å². The fourth-order valence-corrected chi connectivity index (χ4v) is 3.37. The lowest BCUT2D eigenvalue weighted by molar-refractivity contribution is -0.384. The number of hydrogen-bond donors (Lipinski definition) is 0. The van der Waals surface area contributed by atoms with Crippen molar-refractivity contribution in [1.82, 2.24) is 0 Å². The molecule has 0 aliphatic carbocycles. The van der Waals surface area contributed by atoms with Crippen molar-refractivity contribution in [1.29, 1.82) is 0 Å². The van der Waals surface area contributed by atoms with Crippen LogP contribution in [0.5, 0.6) is 0 Å². The number of nitro benzene ring substituents is 1. The van der Waals surface area contributed by atoms with Crippen molar-refractivity contribution in [3.05, 3.63) is 34.4 Å². The molecule has 0 aliphatic heterocycles. The van der Waals surface area contributed by atoms with Crippen LogP contribution in [0.3, 0.4) is 0 Å². The number of non-ortho nitro benzene ring substituents is 1. The Kier molecular flexibility index (Phi) is 3.76. The van der Waals surface area contributed by atoms with Gasteiger partial charge in [-0.05, 0) is 24.6 Å². The van der Waals surface area contributed by atoms with Crippen LogP contribution in [-0.4, -0.2) is 25.9 Å². The fourth-order valence-electron chi connectivity index (χ4n) is 0.979. The van der Waals surface area contributed by atoms with Crippen LogP contribution in [0.2, 0.25) is 0 Å². The van der Waals surface area contributed by atoms with Crippen LogP contribution >= 0.6 is 0 Å². The van der Waals surface area contributed by atoms with E-state index in [1.807, 2.05) is 0 Å². The Morgan fingerprint density at radius 2 is 1.75 bits per heavy atom. The molecule has 0 atom stereocenters. The molecule has 6 nitrogen and oxygen atoms in total. The summed E-state index contributed by atoms with van der Waals surface area (Å²) in [6.07, 6.45) is 3.34. The zero-order chi connectivity index (χ0) is 12.3. The summed E-state index contributed by atoms with van der Waals surface area (Å²) in [7, 11) is -4.28. The second kappa shape index (κ2) is 4.71. The van der Waals surface area contributed by atoms with E-state index in [0.717, 1.165) is 12.1 Å². The molecule has 0 N–H and O–H groups in total. The molecule has 0 aromatic heterocycles. The van der Waals surface area contributed by atoms with E-state index in [0.29, 0.717) is 0 Å². The van der Waals surface area contributed by atoms with Crippen LogP contribution in [0.1, 0.15) is 0 Å². The maximum Gasteiger partial charge on any atom is 0.287 e. The lowest BCUT2D eigenvalue weighted by Gasteiger charge is -1.99. The van der Waals surface area contributed by atoms with Gasteiger partial charge in [-0.25, -0.2) is 0 Å². The number of benzene rings is 1. The number of sulfonamides is 1. The van der Waals surface area contributed by atoms with Crippen LogP contribution in [0.25, 0.3) is 0 Å². The van der Waals surface area contributed by atoms with E-state index in [4.69, 9.17) is 0 Å². The Morgan fingerprint density at radius 3 is 2.12 bits per heavy atom. The summed E-state index contributed by atoms with van der Waals surface area (Å²) in [5.74, 6) is 0. The molecule has 0 bridgehead atoms. The minimum absolute atomic E-state index is 0.0284. The molecule has 0 radical (unpaired) electrons. The normalized spacial score (nSPS) is 11.4. The van der Waals surface area contributed by atoms with Crippen LogP contribution in [0.4, 0.5) is 5.69 Å². The predicted octanol–water partition coefficient (Wildman–Crippen LogP) is 1.35. The van der Waals surface area contributed by atoms with Crippen molar-refractivity contribution in [2.24, 2.45) is 3.77 Å². The average Bonchev–Trinajstić information content (AvgIpc) is 2.16. The van der Waals surface area contributed by atoms with Gasteiger partial charge in [-0.2, -0.15) is 8.42 Å². The summed E-state index contributed by atoms with van der Waals surface area (Å²) < 4.78 is 26.8. The van der Waals surface area contributed by atoms with Gasteiger partial charge in [0.05, 0.1) is 9.82 Å². The van der Waals surface area contributed by atoms with Gasteiger partial charge >= 0.3 is 0 Å². The van der Waals surface area contributed by atoms with Gasteiger partial charge in [0.25, 0.3) is 15.7 Å². The van der Waals surface area contributed by atoms with E-state index in [9.17, 15) is 18.5 Å². The highest BCUT2D eigenvalue weighted by molar-refractivity contribution is 7.99. The van der Waals surface area contributed by atoms with Crippen molar-refractivity contribution in [2.45, 2.75) is 4.90 Å². The zero-order valence-corrected chi connectivity index (χ0v) is 10.3. The van der Waals surface area contributed by atoms with Gasteiger partial charge in [-0.1, -0.05) is 10.7 Å². The number of nitrogens with zero attached hydrogens (tertiary/aromatic N) is 2. The minimum Gasteiger partial charge on any atom is -0.258 e. The van der Waals surface area contributed by atoms with E-state index >= 15 is 0 Å². The summed E-state index contributed by atoms with van der Waals surface area (Å²) in [4.78, 5) is 9.76. The summed E-state index contributed by atoms with van der Waals surface area (Å²) in [6, 6.07) is 4.66. The smallest absolute Gasteiger partial charge is 0.258 e. The highest BCUT2D eigenvalue weighted by Gasteiger charge is 2.14. The molecule has 88 valence electrons. The number of nitro groups is 1. The van der Waals surface area contributed by atoms with Crippen LogP contribution in [0.15, 0.2) is 32.9 Å². The molecule has 0 saturated heterocycles. The first-order chi connectivity index (χ1) is 7.33. The first-order valence-corrected chi connectivity index (χ1v) is 7.57. The Morgan fingerprint density at radius 1 is 1.25 bits per heavy atom. The van der Waals surface area contributed by atoms with Crippen LogP contribution in [0, 0.1) is 10.1 Å². The fraction of sp³-hybridized carbons (Fsp3) is 0.250. The SMILES string of the molecule is CS(C)=NS(=O)(=O)c1ccc([N+](=O)[O-])cc1. The van der Waals surface area contributed by atoms with E-state index in [1.165, 1.54) is 12.1 Å². The topological polar surface area (TPSA) is 89.6 Å². The van der Waals surface area contributed by atoms with Gasteiger partial charge in [0.2, 0.25) is 0 Å². The van der Waals surface area contributed by atoms with E-state index in [2.05, 4.69) is 3.77 Å². The third kappa shape index (κ3) is 3.11. The van der Waals surface area contributed by atoms with Gasteiger partial charge in [-0.15, -0.1) is 3.77 Å². The molecule has 0 unspecified atom stereocenters. The second-order valence-electron chi connectivity index (χ2n) is 3.07. The third-order valence-corrected chi connectivity index (χ3v) is 4.44. The number of rotatable bonds is 3. The quantitative estimate of drug-likeness (QED) is 0.607. The Labute approximate surface area is 95.6 Å². The molecule has 0 fully saturated rings. The Bertz CT molecular complexity index is 530. The highest BCUT2D eigenvalue weighted by Crippen LogP contribution is 2.17. The molecular weight excluding hydrogens is 252 g/mol. The van der Waals surface area contributed by atoms with E-state index < -0.39 is 25.6 Å². The van der Waals surface area contributed by atoms with E-state index in [-0.39, 0.29) is 10.6 Å². The zero-order valence-electron chi connectivity index (χ0n) is 8.65.